The summed E-state index contributed by atoms with van der Waals surface area (Å²) in [6.07, 6.45) is 1.21. The number of aliphatic hydroxyl groups excluding tert-OH is 1. The maximum atomic E-state index is 10.00. The van der Waals surface area contributed by atoms with E-state index in [1.54, 1.807) is 12.1 Å². The third-order valence-electron chi connectivity index (χ3n) is 1.59. The molecule has 0 heterocycles. The third-order valence-corrected chi connectivity index (χ3v) is 1.59. The maximum Gasteiger partial charge on any atom is 0.123 e. The van der Waals surface area contributed by atoms with Gasteiger partial charge in [0.1, 0.15) is 12.0 Å². The molecule has 0 aliphatic carbocycles. The average molecular weight is 180 g/mol. The van der Waals surface area contributed by atoms with E-state index in [0.29, 0.717) is 18.8 Å². The molecule has 1 N–H and O–H groups in total. The molecule has 0 atom stereocenters. The summed E-state index contributed by atoms with van der Waals surface area (Å²) in [6, 6.07) is 7.17. The van der Waals surface area contributed by atoms with Gasteiger partial charge in [-0.15, -0.1) is 0 Å². The molecule has 1 aromatic rings. The highest BCUT2D eigenvalue weighted by Gasteiger charge is 1.94. The van der Waals surface area contributed by atoms with Crippen LogP contribution in [0.5, 0.6) is 5.75 Å². The van der Waals surface area contributed by atoms with Gasteiger partial charge in [0.15, 0.2) is 0 Å². The minimum Gasteiger partial charge on any atom is -0.493 e. The van der Waals surface area contributed by atoms with Crippen molar-refractivity contribution in [3.05, 3.63) is 29.8 Å². The van der Waals surface area contributed by atoms with Gasteiger partial charge in [0.2, 0.25) is 0 Å². The second kappa shape index (κ2) is 5.32. The Bertz CT molecular complexity index is 271. The summed E-state index contributed by atoms with van der Waals surface area (Å²) >= 11 is 0. The fourth-order valence-electron chi connectivity index (χ4n) is 0.959. The van der Waals surface area contributed by atoms with Crippen LogP contribution in [-0.4, -0.2) is 18.0 Å². The van der Waals surface area contributed by atoms with Crippen molar-refractivity contribution in [2.45, 2.75) is 13.0 Å². The molecule has 70 valence electrons. The number of carbonyl (C=O) groups is 1. The minimum atomic E-state index is 0.00484. The molecule has 3 heteroatoms. The van der Waals surface area contributed by atoms with Crippen molar-refractivity contribution in [2.24, 2.45) is 0 Å². The summed E-state index contributed by atoms with van der Waals surface area (Å²) in [5.41, 5.74) is 0.809. The van der Waals surface area contributed by atoms with Crippen LogP contribution in [0.25, 0.3) is 0 Å². The molecule has 3 nitrogen and oxygen atoms in total. The predicted molar refractivity (Wildman–Crippen MR) is 48.5 cm³/mol. The highest BCUT2D eigenvalue weighted by Crippen LogP contribution is 2.12. The van der Waals surface area contributed by atoms with Crippen molar-refractivity contribution >= 4 is 6.29 Å². The van der Waals surface area contributed by atoms with E-state index in [9.17, 15) is 4.79 Å². The van der Waals surface area contributed by atoms with Gasteiger partial charge in [-0.3, -0.25) is 0 Å². The second-order valence-electron chi connectivity index (χ2n) is 2.61. The average Bonchev–Trinajstić information content (AvgIpc) is 2.19. The Labute approximate surface area is 77.0 Å². The zero-order valence-electron chi connectivity index (χ0n) is 7.27. The van der Waals surface area contributed by atoms with E-state index in [1.165, 1.54) is 0 Å². The summed E-state index contributed by atoms with van der Waals surface area (Å²) in [7, 11) is 0. The summed E-state index contributed by atoms with van der Waals surface area (Å²) in [5, 5.41) is 8.82. The fourth-order valence-corrected chi connectivity index (χ4v) is 0.959. The molecule has 0 aliphatic rings. The van der Waals surface area contributed by atoms with Crippen LogP contribution in [0.4, 0.5) is 0 Å². The van der Waals surface area contributed by atoms with Crippen LogP contribution in [0.2, 0.25) is 0 Å². The number of rotatable bonds is 5. The first-order valence-electron chi connectivity index (χ1n) is 4.13. The Balaban J connectivity index is 2.50. The zero-order chi connectivity index (χ0) is 9.52. The van der Waals surface area contributed by atoms with Crippen molar-refractivity contribution in [3.8, 4) is 5.75 Å². The third kappa shape index (κ3) is 3.25. The van der Waals surface area contributed by atoms with Gasteiger partial charge in [-0.25, -0.2) is 0 Å². The van der Waals surface area contributed by atoms with Gasteiger partial charge >= 0.3 is 0 Å². The van der Waals surface area contributed by atoms with Crippen LogP contribution in [0.3, 0.4) is 0 Å². The van der Waals surface area contributed by atoms with E-state index in [1.807, 2.05) is 12.1 Å². The molecule has 13 heavy (non-hydrogen) atoms. The van der Waals surface area contributed by atoms with Crippen LogP contribution in [-0.2, 0) is 11.4 Å². The molecule has 1 aromatic carbocycles. The molecule has 0 amide bonds. The molecule has 0 aliphatic heterocycles. The molecule has 0 fully saturated rings. The number of aliphatic hydroxyl groups is 1. The first kappa shape index (κ1) is 9.74. The zero-order valence-corrected chi connectivity index (χ0v) is 7.27. The first-order valence-corrected chi connectivity index (χ1v) is 4.13. The van der Waals surface area contributed by atoms with Gasteiger partial charge in [-0.2, -0.15) is 0 Å². The van der Waals surface area contributed by atoms with Crippen LogP contribution in [0.1, 0.15) is 12.0 Å². The highest BCUT2D eigenvalue weighted by atomic mass is 16.5. The molecule has 0 radical (unpaired) electrons. The Morgan fingerprint density at radius 1 is 1.46 bits per heavy atom. The van der Waals surface area contributed by atoms with Crippen molar-refractivity contribution in [3.63, 3.8) is 0 Å². The van der Waals surface area contributed by atoms with E-state index >= 15 is 0 Å². The van der Waals surface area contributed by atoms with Gasteiger partial charge in [0.25, 0.3) is 0 Å². The molecule has 0 spiro atoms. The van der Waals surface area contributed by atoms with E-state index in [4.69, 9.17) is 9.84 Å². The molecular formula is C10H12O3. The summed E-state index contributed by atoms with van der Waals surface area (Å²) in [4.78, 5) is 10.00. The van der Waals surface area contributed by atoms with Gasteiger partial charge in [0, 0.05) is 6.42 Å². The van der Waals surface area contributed by atoms with Crippen molar-refractivity contribution in [1.29, 1.82) is 0 Å². The van der Waals surface area contributed by atoms with Crippen LogP contribution in [0.15, 0.2) is 24.3 Å². The fraction of sp³-hybridized carbons (Fsp3) is 0.300. The minimum absolute atomic E-state index is 0.00484. The SMILES string of the molecule is O=CCCOc1cccc(CO)c1. The molecule has 0 aromatic heterocycles. The van der Waals surface area contributed by atoms with E-state index in [-0.39, 0.29) is 6.61 Å². The predicted octanol–water partition coefficient (Wildman–Crippen LogP) is 1.15. The molecule has 0 saturated carbocycles. The number of hydrogen-bond acceptors (Lipinski definition) is 3. The lowest BCUT2D eigenvalue weighted by atomic mass is 10.2. The Morgan fingerprint density at radius 3 is 3.00 bits per heavy atom. The standard InChI is InChI=1S/C10H12O3/c11-5-2-6-13-10-4-1-3-9(7-10)8-12/h1,3-5,7,12H,2,6,8H2. The summed E-state index contributed by atoms with van der Waals surface area (Å²) in [6.45, 7) is 0.392. The number of carbonyl (C=O) groups excluding carboxylic acids is 1. The number of hydrogen-bond donors (Lipinski definition) is 1. The number of ether oxygens (including phenoxy) is 1. The molecule has 0 unspecified atom stereocenters. The lowest BCUT2D eigenvalue weighted by Crippen LogP contribution is -1.97. The normalized spacial score (nSPS) is 9.62. The summed E-state index contributed by atoms with van der Waals surface area (Å²) in [5.74, 6) is 0.688. The molecular weight excluding hydrogens is 168 g/mol. The number of aldehydes is 1. The van der Waals surface area contributed by atoms with E-state index in [0.717, 1.165) is 11.8 Å². The van der Waals surface area contributed by atoms with Crippen molar-refractivity contribution in [1.82, 2.24) is 0 Å². The summed E-state index contributed by atoms with van der Waals surface area (Å²) < 4.78 is 5.25. The Morgan fingerprint density at radius 2 is 2.31 bits per heavy atom. The van der Waals surface area contributed by atoms with Crippen LogP contribution in [0, 0.1) is 0 Å². The van der Waals surface area contributed by atoms with Crippen molar-refractivity contribution in [2.75, 3.05) is 6.61 Å². The van der Waals surface area contributed by atoms with Crippen LogP contribution >= 0.6 is 0 Å². The van der Waals surface area contributed by atoms with Crippen LogP contribution < -0.4 is 4.74 Å². The van der Waals surface area contributed by atoms with Gasteiger partial charge < -0.3 is 14.6 Å². The Hall–Kier alpha value is -1.35. The largest absolute Gasteiger partial charge is 0.493 e. The number of benzene rings is 1. The Kier molecular flexibility index (Phi) is 3.99. The molecule has 0 saturated heterocycles. The maximum absolute atomic E-state index is 10.00. The van der Waals surface area contributed by atoms with E-state index in [2.05, 4.69) is 0 Å². The lowest BCUT2D eigenvalue weighted by Gasteiger charge is -2.04. The topological polar surface area (TPSA) is 46.5 Å². The van der Waals surface area contributed by atoms with Crippen molar-refractivity contribution < 1.29 is 14.6 Å². The van der Waals surface area contributed by atoms with E-state index < -0.39 is 0 Å². The van der Waals surface area contributed by atoms with Gasteiger partial charge in [0.05, 0.1) is 13.2 Å². The second-order valence-corrected chi connectivity index (χ2v) is 2.61. The lowest BCUT2D eigenvalue weighted by molar-refractivity contribution is -0.108. The highest BCUT2D eigenvalue weighted by molar-refractivity contribution is 5.49. The monoisotopic (exact) mass is 180 g/mol. The smallest absolute Gasteiger partial charge is 0.123 e. The van der Waals surface area contributed by atoms with Gasteiger partial charge in [-0.05, 0) is 17.7 Å². The first-order chi connectivity index (χ1) is 6.36. The quantitative estimate of drug-likeness (QED) is 0.546. The van der Waals surface area contributed by atoms with Gasteiger partial charge in [-0.1, -0.05) is 12.1 Å². The molecule has 0 bridgehead atoms. The molecule has 1 rings (SSSR count).